The average Bonchev–Trinajstić information content (AvgIpc) is 1.64. The second-order valence-corrected chi connectivity index (χ2v) is 26.3. The largest absolute Gasteiger partial charge is 0.373 e. The van der Waals surface area contributed by atoms with E-state index < -0.39 is 0 Å². The molecule has 0 rings (SSSR count). The van der Waals surface area contributed by atoms with E-state index in [1.807, 2.05) is 0 Å². The van der Waals surface area contributed by atoms with Gasteiger partial charge in [-0.05, 0) is 0 Å². The summed E-state index contributed by atoms with van der Waals surface area (Å²) >= 11 is 0. The fourth-order valence-electron chi connectivity index (χ4n) is 1.44. The minimum Gasteiger partial charge on any atom is -0.373 e. The summed E-state index contributed by atoms with van der Waals surface area (Å²) in [5.74, 6) is 0. The Balaban J connectivity index is 3.68. The van der Waals surface area contributed by atoms with Crippen LogP contribution in [0.4, 0.5) is 0 Å². The van der Waals surface area contributed by atoms with E-state index in [0.29, 0.717) is 0 Å². The van der Waals surface area contributed by atoms with E-state index in [2.05, 4.69) is 30.8 Å². The van der Waals surface area contributed by atoms with E-state index in [-0.39, 0.29) is 24.6 Å². The third-order valence-corrected chi connectivity index (χ3v) is 35.8. The Morgan fingerprint density at radius 3 is 1.33 bits per heavy atom. The molecule has 0 heterocycles. The van der Waals surface area contributed by atoms with Crippen LogP contribution in [0, 0.1) is 0 Å². The maximum absolute atomic E-state index is 3.70. The van der Waals surface area contributed by atoms with Gasteiger partial charge < -0.3 is 4.65 Å². The molecule has 56 valence electrons. The van der Waals surface area contributed by atoms with Crippen molar-refractivity contribution in [1.82, 2.24) is 4.65 Å². The number of hydrogen-bond acceptors (Lipinski definition) is 1. The molecule has 0 radical (unpaired) electrons. The van der Waals surface area contributed by atoms with E-state index in [0.717, 1.165) is 0 Å². The van der Waals surface area contributed by atoms with E-state index in [1.54, 1.807) is 0 Å². The summed E-state index contributed by atoms with van der Waals surface area (Å²) in [5.41, 5.74) is 0. The molecule has 0 aliphatic heterocycles. The second kappa shape index (κ2) is 4.61. The number of hydrogen-bond donors (Lipinski definition) is 1. The molecule has 0 bridgehead atoms. The topological polar surface area (TPSA) is 12.0 Å². The molecule has 9 heavy (non-hydrogen) atoms. The van der Waals surface area contributed by atoms with Crippen molar-refractivity contribution >= 4 is 35.0 Å². The molecule has 0 atom stereocenters. The van der Waals surface area contributed by atoms with E-state index >= 15 is 0 Å². The van der Waals surface area contributed by atoms with Crippen LogP contribution in [0.2, 0.25) is 26.2 Å². The predicted octanol–water partition coefficient (Wildman–Crippen LogP) is -1.29. The summed E-state index contributed by atoms with van der Waals surface area (Å²) in [7, 11) is 0.541. The summed E-state index contributed by atoms with van der Waals surface area (Å²) in [4.78, 5) is 0. The lowest BCUT2D eigenvalue weighted by Crippen LogP contribution is -2.53. The molecule has 0 aliphatic rings. The third-order valence-electron chi connectivity index (χ3n) is 1.77. The molecule has 0 saturated heterocycles. The van der Waals surface area contributed by atoms with Gasteiger partial charge in [-0.3, -0.25) is 0 Å². The molecule has 0 aromatic carbocycles. The molecule has 0 amide bonds. The van der Waals surface area contributed by atoms with Gasteiger partial charge in [0.05, 0.1) is 18.4 Å². The lowest BCUT2D eigenvalue weighted by molar-refractivity contribution is 1.62. The van der Waals surface area contributed by atoms with Gasteiger partial charge in [-0.1, -0.05) is 26.2 Å². The van der Waals surface area contributed by atoms with Crippen molar-refractivity contribution in [3.63, 3.8) is 0 Å². The lowest BCUT2D eigenvalue weighted by atomic mass is 11.9. The fourth-order valence-corrected chi connectivity index (χ4v) is 38.8. The summed E-state index contributed by atoms with van der Waals surface area (Å²) in [6, 6.07) is 0. The van der Waals surface area contributed by atoms with Crippen molar-refractivity contribution in [2.24, 2.45) is 0 Å². The molecule has 1 nitrogen and oxygen atoms in total. The maximum atomic E-state index is 3.70. The van der Waals surface area contributed by atoms with Crippen LogP contribution in [0.1, 0.15) is 0 Å². The Kier molecular flexibility index (Phi) is 5.04. The van der Waals surface area contributed by atoms with Crippen LogP contribution in [0.5, 0.6) is 0 Å². The Morgan fingerprint density at radius 1 is 1.00 bits per heavy atom. The summed E-state index contributed by atoms with van der Waals surface area (Å²) in [6.07, 6.45) is 0. The zero-order chi connectivity index (χ0) is 7.44. The van der Waals surface area contributed by atoms with Gasteiger partial charge in [0, 0.05) is 16.6 Å². The molecule has 0 aromatic rings. The monoisotopic (exact) mass is 193 g/mol. The van der Waals surface area contributed by atoms with E-state index in [9.17, 15) is 0 Å². The van der Waals surface area contributed by atoms with Gasteiger partial charge in [-0.25, -0.2) is 0 Å². The Morgan fingerprint density at radius 2 is 1.33 bits per heavy atom. The number of nitrogens with one attached hydrogen (secondary N) is 1. The van der Waals surface area contributed by atoms with Crippen molar-refractivity contribution in [3.05, 3.63) is 0 Å². The second-order valence-electron chi connectivity index (χ2n) is 3.30. The first-order chi connectivity index (χ1) is 4.09. The van der Waals surface area contributed by atoms with Crippen LogP contribution in [-0.2, 0) is 0 Å². The average molecular weight is 194 g/mol. The molecule has 0 saturated carbocycles. The highest BCUT2D eigenvalue weighted by atomic mass is 29.6. The highest BCUT2D eigenvalue weighted by molar-refractivity contribution is 7.49. The van der Waals surface area contributed by atoms with E-state index in [1.165, 1.54) is 10.4 Å². The van der Waals surface area contributed by atoms with Gasteiger partial charge in [0.25, 0.3) is 0 Å². The zero-order valence-corrected chi connectivity index (χ0v) is 12.7. The Bertz CT molecular complexity index is 67.0. The highest BCUT2D eigenvalue weighted by Gasteiger charge is 2.17. The fraction of sp³-hybridized carbons (Fsp3) is 1.00. The minimum atomic E-state index is -0.270. The van der Waals surface area contributed by atoms with Crippen molar-refractivity contribution in [2.75, 3.05) is 0 Å². The molecular formula is C4H19NSi4. The normalized spacial score (nSPS) is 12.3. The Labute approximate surface area is 66.2 Å². The van der Waals surface area contributed by atoms with Crippen molar-refractivity contribution in [2.45, 2.75) is 26.2 Å². The van der Waals surface area contributed by atoms with Crippen molar-refractivity contribution in [3.8, 4) is 0 Å². The van der Waals surface area contributed by atoms with Crippen LogP contribution >= 0.6 is 0 Å². The Hall–Kier alpha value is 0.828. The first-order valence-electron chi connectivity index (χ1n) is 3.76. The van der Waals surface area contributed by atoms with Gasteiger partial charge in [-0.2, -0.15) is 0 Å². The van der Waals surface area contributed by atoms with Crippen LogP contribution in [0.15, 0.2) is 0 Å². The van der Waals surface area contributed by atoms with Gasteiger partial charge in [0.15, 0.2) is 0 Å². The molecule has 0 aliphatic carbocycles. The molecular weight excluding hydrogens is 174 g/mol. The van der Waals surface area contributed by atoms with Gasteiger partial charge in [0.2, 0.25) is 0 Å². The summed E-state index contributed by atoms with van der Waals surface area (Å²) < 4.78 is 3.70. The number of rotatable bonds is 3. The third kappa shape index (κ3) is 3.51. The van der Waals surface area contributed by atoms with Crippen LogP contribution in [0.25, 0.3) is 0 Å². The first-order valence-corrected chi connectivity index (χ1v) is 15.3. The molecule has 5 heteroatoms. The summed E-state index contributed by atoms with van der Waals surface area (Å²) in [5, 5.41) is 0. The quantitative estimate of drug-likeness (QED) is 0.550. The molecule has 0 unspecified atom stereocenters. The van der Waals surface area contributed by atoms with E-state index in [4.69, 9.17) is 0 Å². The van der Waals surface area contributed by atoms with Crippen molar-refractivity contribution in [1.29, 1.82) is 0 Å². The van der Waals surface area contributed by atoms with Gasteiger partial charge in [-0.15, -0.1) is 0 Å². The highest BCUT2D eigenvalue weighted by Crippen LogP contribution is 1.91. The minimum absolute atomic E-state index is 0.219. The van der Waals surface area contributed by atoms with Gasteiger partial charge in [0.1, 0.15) is 0 Å². The molecule has 0 fully saturated rings. The molecule has 1 N–H and O–H groups in total. The lowest BCUT2D eigenvalue weighted by Gasteiger charge is -2.20. The zero-order valence-electron chi connectivity index (χ0n) is 7.23. The van der Waals surface area contributed by atoms with Crippen molar-refractivity contribution < 1.29 is 0 Å². The molecule has 0 spiro atoms. The maximum Gasteiger partial charge on any atom is 0.0760 e. The smallest absolute Gasteiger partial charge is 0.0760 e. The first kappa shape index (κ1) is 9.83. The predicted molar refractivity (Wildman–Crippen MR) is 58.0 cm³/mol. The standard InChI is InChI=1S/C4H19NSi4/c1-7(2)9(5-6)8(3)4/h5,7-9H,1-4,6H3. The summed E-state index contributed by atoms with van der Waals surface area (Å²) in [6.45, 7) is 10.0. The molecule has 0 aromatic heterocycles. The van der Waals surface area contributed by atoms with Crippen LogP contribution < -0.4 is 4.65 Å². The van der Waals surface area contributed by atoms with Gasteiger partial charge >= 0.3 is 0 Å². The SMILES string of the molecule is C[SiH](C)[SiH](N[SiH3])[SiH](C)C. The van der Waals surface area contributed by atoms with Crippen LogP contribution in [-0.4, -0.2) is 35.0 Å². The van der Waals surface area contributed by atoms with Crippen LogP contribution in [0.3, 0.4) is 0 Å².